The summed E-state index contributed by atoms with van der Waals surface area (Å²) in [6, 6.07) is 15.9. The molecule has 2 fully saturated rings. The highest BCUT2D eigenvalue weighted by Crippen LogP contribution is 2.46. The fourth-order valence-corrected chi connectivity index (χ4v) is 4.02. The number of nitrogens with zero attached hydrogens (tertiary/aromatic N) is 1. The largest absolute Gasteiger partial charge is 0.444 e. The number of benzene rings is 2. The second-order valence-corrected chi connectivity index (χ2v) is 9.89. The number of rotatable bonds is 6. The molecule has 1 aliphatic heterocycles. The second kappa shape index (κ2) is 9.00. The Morgan fingerprint density at radius 2 is 1.65 bits per heavy atom. The van der Waals surface area contributed by atoms with Gasteiger partial charge in [-0.05, 0) is 62.4 Å². The Kier molecular flexibility index (Phi) is 6.25. The van der Waals surface area contributed by atoms with Gasteiger partial charge < -0.3 is 20.1 Å². The van der Waals surface area contributed by atoms with Crippen molar-refractivity contribution in [3.63, 3.8) is 0 Å². The molecule has 0 aromatic heterocycles. The summed E-state index contributed by atoms with van der Waals surface area (Å²) < 4.78 is 10.7. The average Bonchev–Trinajstić information content (AvgIpc) is 3.44. The Morgan fingerprint density at radius 1 is 1.06 bits per heavy atom. The van der Waals surface area contributed by atoms with Gasteiger partial charge in [0.1, 0.15) is 11.7 Å². The van der Waals surface area contributed by atoms with Crippen molar-refractivity contribution in [2.45, 2.75) is 57.8 Å². The highest BCUT2D eigenvalue weighted by molar-refractivity contribution is 5.90. The minimum atomic E-state index is -0.533. The van der Waals surface area contributed by atoms with Gasteiger partial charge in [0.25, 0.3) is 0 Å². The fraction of sp³-hybridized carbons (Fsp3) is 0.423. The van der Waals surface area contributed by atoms with Crippen LogP contribution < -0.4 is 15.5 Å². The van der Waals surface area contributed by atoms with Crippen LogP contribution in [0.15, 0.2) is 48.5 Å². The van der Waals surface area contributed by atoms with Gasteiger partial charge in [-0.25, -0.2) is 9.59 Å². The van der Waals surface area contributed by atoms with Crippen LogP contribution in [-0.4, -0.2) is 42.9 Å². The molecule has 0 radical (unpaired) electrons. The van der Waals surface area contributed by atoms with Gasteiger partial charge >= 0.3 is 12.2 Å². The summed E-state index contributed by atoms with van der Waals surface area (Å²) >= 11 is 0. The van der Waals surface area contributed by atoms with Crippen molar-refractivity contribution in [1.29, 1.82) is 0 Å². The van der Waals surface area contributed by atoms with Crippen LogP contribution >= 0.6 is 0 Å². The molecule has 0 spiro atoms. The van der Waals surface area contributed by atoms with E-state index in [1.54, 1.807) is 4.90 Å². The predicted octanol–water partition coefficient (Wildman–Crippen LogP) is 4.33. The van der Waals surface area contributed by atoms with Crippen LogP contribution in [0.25, 0.3) is 11.1 Å². The molecule has 8 heteroatoms. The lowest BCUT2D eigenvalue weighted by molar-refractivity contribution is -0.119. The van der Waals surface area contributed by atoms with Crippen LogP contribution in [0.1, 0.15) is 46.1 Å². The maximum absolute atomic E-state index is 12.2. The maximum atomic E-state index is 12.2. The molecule has 0 bridgehead atoms. The van der Waals surface area contributed by atoms with Gasteiger partial charge in [0, 0.05) is 12.6 Å². The third kappa shape index (κ3) is 5.50. The molecule has 2 aromatic carbocycles. The minimum Gasteiger partial charge on any atom is -0.444 e. The Hall–Kier alpha value is -3.55. The summed E-state index contributed by atoms with van der Waals surface area (Å²) in [5.41, 5.74) is 2.97. The lowest BCUT2D eigenvalue weighted by Gasteiger charge is -2.24. The molecule has 1 saturated heterocycles. The Labute approximate surface area is 199 Å². The van der Waals surface area contributed by atoms with Gasteiger partial charge in [-0.1, -0.05) is 36.4 Å². The van der Waals surface area contributed by atoms with Crippen LogP contribution in [0.2, 0.25) is 0 Å². The van der Waals surface area contributed by atoms with Gasteiger partial charge in [0.2, 0.25) is 5.91 Å². The van der Waals surface area contributed by atoms with Gasteiger partial charge in [0.15, 0.2) is 0 Å². The molecule has 1 aliphatic carbocycles. The van der Waals surface area contributed by atoms with E-state index in [1.165, 1.54) is 6.92 Å². The van der Waals surface area contributed by atoms with Crippen molar-refractivity contribution in [2.75, 3.05) is 18.0 Å². The predicted molar refractivity (Wildman–Crippen MR) is 128 cm³/mol. The SMILES string of the molecule is CC(=O)NC[C@H]1CN(c2ccc(-c3ccc(C4(NC(=O)OC(C)(C)C)CC4)cc3)cc2)C(=O)O1. The monoisotopic (exact) mass is 465 g/mol. The Bertz CT molecular complexity index is 1070. The van der Waals surface area contributed by atoms with Gasteiger partial charge in [-0.3, -0.25) is 9.69 Å². The van der Waals surface area contributed by atoms with Crippen LogP contribution in [0.4, 0.5) is 15.3 Å². The average molecular weight is 466 g/mol. The third-order valence-corrected chi connectivity index (χ3v) is 5.89. The number of hydrogen-bond acceptors (Lipinski definition) is 5. The van der Waals surface area contributed by atoms with Gasteiger partial charge in [0.05, 0.1) is 18.6 Å². The molecule has 4 rings (SSSR count). The molecule has 2 aliphatic rings. The van der Waals surface area contributed by atoms with Crippen molar-refractivity contribution in [1.82, 2.24) is 10.6 Å². The van der Waals surface area contributed by atoms with Crippen molar-refractivity contribution < 1.29 is 23.9 Å². The normalized spacial score (nSPS) is 18.8. The van der Waals surface area contributed by atoms with Crippen LogP contribution in [-0.2, 0) is 19.8 Å². The first-order valence-corrected chi connectivity index (χ1v) is 11.5. The van der Waals surface area contributed by atoms with E-state index >= 15 is 0 Å². The molecule has 0 unspecified atom stereocenters. The number of cyclic esters (lactones) is 1. The fourth-order valence-electron chi connectivity index (χ4n) is 4.02. The second-order valence-electron chi connectivity index (χ2n) is 9.89. The van der Waals surface area contributed by atoms with Crippen molar-refractivity contribution in [2.24, 2.45) is 0 Å². The maximum Gasteiger partial charge on any atom is 0.414 e. The molecule has 2 aromatic rings. The van der Waals surface area contributed by atoms with E-state index < -0.39 is 17.8 Å². The number of alkyl carbamates (subject to hydrolysis) is 1. The van der Waals surface area contributed by atoms with Crippen LogP contribution in [0.5, 0.6) is 0 Å². The summed E-state index contributed by atoms with van der Waals surface area (Å²) in [7, 11) is 0. The van der Waals surface area contributed by atoms with Gasteiger partial charge in [-0.2, -0.15) is 0 Å². The lowest BCUT2D eigenvalue weighted by Crippen LogP contribution is -2.39. The zero-order chi connectivity index (χ0) is 24.5. The van der Waals surface area contributed by atoms with E-state index in [0.29, 0.717) is 13.1 Å². The molecule has 34 heavy (non-hydrogen) atoms. The number of amides is 3. The zero-order valence-corrected chi connectivity index (χ0v) is 20.0. The van der Waals surface area contributed by atoms with E-state index in [4.69, 9.17) is 9.47 Å². The number of hydrogen-bond donors (Lipinski definition) is 2. The van der Waals surface area contributed by atoms with Crippen molar-refractivity contribution in [3.8, 4) is 11.1 Å². The van der Waals surface area contributed by atoms with E-state index in [9.17, 15) is 14.4 Å². The molecule has 180 valence electrons. The van der Waals surface area contributed by atoms with E-state index in [0.717, 1.165) is 35.2 Å². The Morgan fingerprint density at radius 3 is 2.18 bits per heavy atom. The third-order valence-electron chi connectivity index (χ3n) is 5.89. The number of ether oxygens (including phenoxy) is 2. The first kappa shape index (κ1) is 23.6. The number of carbonyl (C=O) groups is 3. The van der Waals surface area contributed by atoms with E-state index in [2.05, 4.69) is 10.6 Å². The van der Waals surface area contributed by atoms with Crippen LogP contribution in [0, 0.1) is 0 Å². The lowest BCUT2D eigenvalue weighted by atomic mass is 9.99. The molecular weight excluding hydrogens is 434 g/mol. The highest BCUT2D eigenvalue weighted by atomic mass is 16.6. The summed E-state index contributed by atoms with van der Waals surface area (Å²) in [5.74, 6) is -0.155. The van der Waals surface area contributed by atoms with E-state index in [-0.39, 0.29) is 17.6 Å². The smallest absolute Gasteiger partial charge is 0.414 e. The molecule has 3 amide bonds. The first-order chi connectivity index (χ1) is 16.0. The molecule has 8 nitrogen and oxygen atoms in total. The molecular formula is C26H31N3O5. The Balaban J connectivity index is 1.40. The molecule has 2 N–H and O–H groups in total. The summed E-state index contributed by atoms with van der Waals surface area (Å²) in [6.07, 6.45) is 0.585. The van der Waals surface area contributed by atoms with Crippen molar-refractivity contribution >= 4 is 23.8 Å². The highest BCUT2D eigenvalue weighted by Gasteiger charge is 2.46. The number of nitrogens with one attached hydrogen (secondary N) is 2. The van der Waals surface area contributed by atoms with Gasteiger partial charge in [-0.15, -0.1) is 0 Å². The molecule has 1 atom stereocenters. The molecule has 1 saturated carbocycles. The van der Waals surface area contributed by atoms with Crippen LogP contribution in [0.3, 0.4) is 0 Å². The molecule has 1 heterocycles. The minimum absolute atomic E-state index is 0.155. The zero-order valence-electron chi connectivity index (χ0n) is 20.0. The summed E-state index contributed by atoms with van der Waals surface area (Å²) in [4.78, 5) is 37.1. The first-order valence-electron chi connectivity index (χ1n) is 11.5. The number of carbonyl (C=O) groups excluding carboxylic acids is 3. The standard InChI is InChI=1S/C26H31N3O5/c1-17(30)27-15-22-16-29(24(32)33-22)21-11-7-19(8-12-21)18-5-9-20(10-6-18)26(13-14-26)28-23(31)34-25(2,3)4/h5-12,22H,13-16H2,1-4H3,(H,27,30)(H,28,31)/t22-/m0/s1. The van der Waals surface area contributed by atoms with E-state index in [1.807, 2.05) is 69.3 Å². The summed E-state index contributed by atoms with van der Waals surface area (Å²) in [5, 5.41) is 5.70. The quantitative estimate of drug-likeness (QED) is 0.662. The topological polar surface area (TPSA) is 97.0 Å². The number of anilines is 1. The summed E-state index contributed by atoms with van der Waals surface area (Å²) in [6.45, 7) is 7.67. The van der Waals surface area contributed by atoms with Crippen molar-refractivity contribution in [3.05, 3.63) is 54.1 Å².